The molecule has 6 heteroatoms. The minimum absolute atomic E-state index is 0.0634. The van der Waals surface area contributed by atoms with Crippen molar-refractivity contribution in [1.29, 1.82) is 0 Å². The van der Waals surface area contributed by atoms with Crippen LogP contribution in [0.3, 0.4) is 0 Å². The molecule has 0 aliphatic heterocycles. The summed E-state index contributed by atoms with van der Waals surface area (Å²) in [5.74, 6) is 0.966. The molecule has 3 aromatic rings. The number of phenols is 2. The number of aromatic hydroxyl groups is 2. The zero-order chi connectivity index (χ0) is 17.3. The lowest BCUT2D eigenvalue weighted by Crippen LogP contribution is -1.94. The first-order chi connectivity index (χ1) is 11.5. The third-order valence-corrected chi connectivity index (χ3v) is 3.83. The van der Waals surface area contributed by atoms with Crippen LogP contribution in [-0.4, -0.2) is 34.2 Å². The molecule has 0 fully saturated rings. The molecular weight excluding hydrogens is 308 g/mol. The summed E-state index contributed by atoms with van der Waals surface area (Å²) in [4.78, 5) is 0. The van der Waals surface area contributed by atoms with Gasteiger partial charge in [-0.1, -0.05) is 0 Å². The van der Waals surface area contributed by atoms with Crippen LogP contribution in [0.25, 0.3) is 22.5 Å². The SMILES string of the molecule is COc1ccc(-c2cc(-c3ccc(O)c(OC)c3)n(C)n2)cc1O. The van der Waals surface area contributed by atoms with E-state index in [-0.39, 0.29) is 11.5 Å². The van der Waals surface area contributed by atoms with Crippen molar-refractivity contribution in [1.82, 2.24) is 9.78 Å². The predicted octanol–water partition coefficient (Wildman–Crippen LogP) is 3.18. The number of benzene rings is 2. The Morgan fingerprint density at radius 3 is 2.21 bits per heavy atom. The highest BCUT2D eigenvalue weighted by molar-refractivity contribution is 5.71. The third kappa shape index (κ3) is 2.74. The van der Waals surface area contributed by atoms with Crippen LogP contribution in [0, 0.1) is 0 Å². The van der Waals surface area contributed by atoms with Crippen molar-refractivity contribution < 1.29 is 19.7 Å². The molecule has 0 unspecified atom stereocenters. The number of rotatable bonds is 4. The Balaban J connectivity index is 2.03. The van der Waals surface area contributed by atoms with E-state index in [0.29, 0.717) is 11.5 Å². The molecular formula is C18H18N2O4. The lowest BCUT2D eigenvalue weighted by molar-refractivity contribution is 0.373. The Bertz CT molecular complexity index is 887. The largest absolute Gasteiger partial charge is 0.504 e. The molecule has 0 radical (unpaired) electrons. The first-order valence-corrected chi connectivity index (χ1v) is 7.32. The lowest BCUT2D eigenvalue weighted by Gasteiger charge is -2.06. The zero-order valence-electron chi connectivity index (χ0n) is 13.6. The number of nitrogens with zero attached hydrogens (tertiary/aromatic N) is 2. The van der Waals surface area contributed by atoms with Crippen LogP contribution < -0.4 is 9.47 Å². The van der Waals surface area contributed by atoms with Gasteiger partial charge in [0.15, 0.2) is 23.0 Å². The van der Waals surface area contributed by atoms with Crippen molar-refractivity contribution >= 4 is 0 Å². The number of hydrogen-bond donors (Lipinski definition) is 2. The van der Waals surface area contributed by atoms with E-state index < -0.39 is 0 Å². The molecule has 0 saturated carbocycles. The van der Waals surface area contributed by atoms with Crippen LogP contribution in [0.1, 0.15) is 0 Å². The van der Waals surface area contributed by atoms with Gasteiger partial charge in [0.05, 0.1) is 25.6 Å². The topological polar surface area (TPSA) is 76.7 Å². The highest BCUT2D eigenvalue weighted by Gasteiger charge is 2.13. The van der Waals surface area contributed by atoms with Crippen molar-refractivity contribution in [3.63, 3.8) is 0 Å². The maximum Gasteiger partial charge on any atom is 0.161 e. The first kappa shape index (κ1) is 15.7. The number of methoxy groups -OCH3 is 2. The Labute approximate surface area is 139 Å². The van der Waals surface area contributed by atoms with Crippen LogP contribution in [0.4, 0.5) is 0 Å². The van der Waals surface area contributed by atoms with Crippen molar-refractivity contribution in [2.75, 3.05) is 14.2 Å². The summed E-state index contributed by atoms with van der Waals surface area (Å²) in [6, 6.07) is 12.2. The minimum Gasteiger partial charge on any atom is -0.504 e. The maximum atomic E-state index is 9.94. The Morgan fingerprint density at radius 1 is 0.833 bits per heavy atom. The van der Waals surface area contributed by atoms with Gasteiger partial charge in [0.25, 0.3) is 0 Å². The van der Waals surface area contributed by atoms with E-state index in [4.69, 9.17) is 9.47 Å². The molecule has 2 N–H and O–H groups in total. The van der Waals surface area contributed by atoms with Gasteiger partial charge in [-0.2, -0.15) is 5.10 Å². The van der Waals surface area contributed by atoms with Crippen molar-refractivity contribution in [2.45, 2.75) is 0 Å². The van der Waals surface area contributed by atoms with E-state index >= 15 is 0 Å². The molecule has 0 aliphatic rings. The molecule has 0 bridgehead atoms. The number of aryl methyl sites for hydroxylation is 1. The molecule has 1 aromatic heterocycles. The van der Waals surface area contributed by atoms with Gasteiger partial charge in [-0.25, -0.2) is 0 Å². The second-order valence-corrected chi connectivity index (χ2v) is 5.31. The standard InChI is InChI=1S/C18H18N2O4/c1-20-14(12-4-6-15(21)18(9-12)24-3)10-13(19-20)11-5-7-17(23-2)16(22)8-11/h4-10,21-22H,1-3H3. The fourth-order valence-corrected chi connectivity index (χ4v) is 2.56. The lowest BCUT2D eigenvalue weighted by atomic mass is 10.1. The van der Waals surface area contributed by atoms with Crippen molar-refractivity contribution in [3.05, 3.63) is 42.5 Å². The van der Waals surface area contributed by atoms with E-state index in [1.165, 1.54) is 14.2 Å². The highest BCUT2D eigenvalue weighted by Crippen LogP contribution is 2.35. The fraction of sp³-hybridized carbons (Fsp3) is 0.167. The highest BCUT2D eigenvalue weighted by atomic mass is 16.5. The van der Waals surface area contributed by atoms with E-state index in [1.54, 1.807) is 35.0 Å². The number of phenolic OH excluding ortho intramolecular Hbond substituents is 2. The van der Waals surface area contributed by atoms with Crippen LogP contribution in [0.5, 0.6) is 23.0 Å². The molecule has 0 amide bonds. The molecule has 2 aromatic carbocycles. The quantitative estimate of drug-likeness (QED) is 0.770. The number of ether oxygens (including phenoxy) is 2. The third-order valence-electron chi connectivity index (χ3n) is 3.83. The summed E-state index contributed by atoms with van der Waals surface area (Å²) in [6.45, 7) is 0. The molecule has 0 aliphatic carbocycles. The smallest absolute Gasteiger partial charge is 0.161 e. The van der Waals surface area contributed by atoms with E-state index in [9.17, 15) is 10.2 Å². The first-order valence-electron chi connectivity index (χ1n) is 7.32. The van der Waals surface area contributed by atoms with Gasteiger partial charge in [-0.05, 0) is 42.5 Å². The summed E-state index contributed by atoms with van der Waals surface area (Å²) in [6.07, 6.45) is 0. The van der Waals surface area contributed by atoms with Crippen molar-refractivity contribution in [3.8, 4) is 45.5 Å². The van der Waals surface area contributed by atoms with Gasteiger partial charge in [0, 0.05) is 18.2 Å². The summed E-state index contributed by atoms with van der Waals surface area (Å²) < 4.78 is 11.9. The minimum atomic E-state index is 0.0634. The Morgan fingerprint density at radius 2 is 1.54 bits per heavy atom. The summed E-state index contributed by atoms with van der Waals surface area (Å²) >= 11 is 0. The van der Waals surface area contributed by atoms with Gasteiger partial charge in [0.1, 0.15) is 0 Å². The summed E-state index contributed by atoms with van der Waals surface area (Å²) in [5, 5.41) is 24.2. The van der Waals surface area contributed by atoms with Crippen LogP contribution in [-0.2, 0) is 7.05 Å². The molecule has 0 spiro atoms. The zero-order valence-corrected chi connectivity index (χ0v) is 13.6. The van der Waals surface area contributed by atoms with Gasteiger partial charge < -0.3 is 19.7 Å². The summed E-state index contributed by atoms with van der Waals surface area (Å²) in [7, 11) is 4.85. The average molecular weight is 326 g/mol. The van der Waals surface area contributed by atoms with E-state index in [2.05, 4.69) is 5.10 Å². The maximum absolute atomic E-state index is 9.94. The van der Waals surface area contributed by atoms with Crippen LogP contribution >= 0.6 is 0 Å². The van der Waals surface area contributed by atoms with Crippen LogP contribution in [0.15, 0.2) is 42.5 Å². The molecule has 6 nitrogen and oxygen atoms in total. The van der Waals surface area contributed by atoms with E-state index in [1.807, 2.05) is 19.2 Å². The molecule has 0 atom stereocenters. The van der Waals surface area contributed by atoms with Crippen molar-refractivity contribution in [2.24, 2.45) is 7.05 Å². The van der Waals surface area contributed by atoms with E-state index in [0.717, 1.165) is 22.5 Å². The second kappa shape index (κ2) is 6.16. The van der Waals surface area contributed by atoms with Gasteiger partial charge in [-0.3, -0.25) is 4.68 Å². The molecule has 124 valence electrons. The fourth-order valence-electron chi connectivity index (χ4n) is 2.56. The molecule has 0 saturated heterocycles. The molecule has 24 heavy (non-hydrogen) atoms. The van der Waals surface area contributed by atoms with Gasteiger partial charge >= 0.3 is 0 Å². The van der Waals surface area contributed by atoms with Gasteiger partial charge in [0.2, 0.25) is 0 Å². The number of hydrogen-bond acceptors (Lipinski definition) is 5. The molecule has 1 heterocycles. The summed E-state index contributed by atoms with van der Waals surface area (Å²) in [5.41, 5.74) is 3.22. The monoisotopic (exact) mass is 326 g/mol. The number of aromatic nitrogens is 2. The second-order valence-electron chi connectivity index (χ2n) is 5.31. The Hall–Kier alpha value is -3.15. The van der Waals surface area contributed by atoms with Crippen LogP contribution in [0.2, 0.25) is 0 Å². The average Bonchev–Trinajstić information content (AvgIpc) is 2.97. The Kier molecular flexibility index (Phi) is 4.04. The van der Waals surface area contributed by atoms with Gasteiger partial charge in [-0.15, -0.1) is 0 Å². The normalized spacial score (nSPS) is 10.6. The predicted molar refractivity (Wildman–Crippen MR) is 90.5 cm³/mol. The molecule has 3 rings (SSSR count).